The minimum atomic E-state index is 0. The number of likely N-dealkylation sites (N-methyl/N-ethyl adjacent to an activating group) is 1. The number of hydrogen-bond acceptors (Lipinski definition) is 2. The molecular formula is C43H86N4OW3. The maximum absolute atomic E-state index is 8.67. The van der Waals surface area contributed by atoms with Crippen molar-refractivity contribution < 1.29 is 68.3 Å². The van der Waals surface area contributed by atoms with Gasteiger partial charge in [-0.05, 0) is 133 Å². The van der Waals surface area contributed by atoms with Crippen molar-refractivity contribution in [3.63, 3.8) is 0 Å². The van der Waals surface area contributed by atoms with Crippen LogP contribution >= 0.6 is 0 Å². The van der Waals surface area contributed by atoms with Gasteiger partial charge in [0.25, 0.3) is 0 Å². The molecule has 0 spiro atoms. The summed E-state index contributed by atoms with van der Waals surface area (Å²) in [6, 6.07) is 0. The molecule has 1 N–H and O–H groups in total. The fourth-order valence-electron chi connectivity index (χ4n) is 6.99. The summed E-state index contributed by atoms with van der Waals surface area (Å²) in [4.78, 5) is 2.21. The summed E-state index contributed by atoms with van der Waals surface area (Å²) in [5.74, 6) is 5.25. The quantitative estimate of drug-likeness (QED) is 0.124. The summed E-state index contributed by atoms with van der Waals surface area (Å²) in [6.45, 7) is 6.64. The van der Waals surface area contributed by atoms with Crippen molar-refractivity contribution in [2.24, 2.45) is 35.5 Å². The van der Waals surface area contributed by atoms with Crippen LogP contribution in [0.25, 0.3) is 16.0 Å². The molecule has 8 heteroatoms. The van der Waals surface area contributed by atoms with Gasteiger partial charge in [0.1, 0.15) is 0 Å². The van der Waals surface area contributed by atoms with E-state index in [1.165, 1.54) is 103 Å². The zero-order chi connectivity index (χ0) is 32.3. The molecule has 3 saturated carbocycles. The molecule has 0 atom stereocenters. The standard InChI is InChI=1S/C14H27N2.C13H24N.C12H22NO.CH4.3CH3.3W/c1-15-11-10-14-8-6-13(7-9-14)5-4-12-16(2)3;1-3-4-5-12-6-8-13(9-7-12)10-11-14-2;1-13-9-8-12-6-4-11(5-7-12)3-2-10-14;;;;;;;/h4-5,13-14H,6-12H2,1-3H3;4-5,12-13H,3,6-11H2,1-2H3;2-3,11-12,14H,4-10H2,1H3;1H4;3*1H3;;;/q3*-1;;3*-1;3*+2. The number of nitrogens with zero attached hydrogens (tertiary/aromatic N) is 4. The van der Waals surface area contributed by atoms with E-state index >= 15 is 0 Å². The third-order valence-corrected chi connectivity index (χ3v) is 9.99. The van der Waals surface area contributed by atoms with Crippen LogP contribution in [0.4, 0.5) is 0 Å². The molecule has 0 saturated heterocycles. The Labute approximate surface area is 365 Å². The molecule has 3 fully saturated rings. The van der Waals surface area contributed by atoms with Gasteiger partial charge in [-0.25, -0.2) is 0 Å². The molecule has 51 heavy (non-hydrogen) atoms. The van der Waals surface area contributed by atoms with E-state index < -0.39 is 0 Å². The Kier molecular flexibility index (Phi) is 61.9. The zero-order valence-corrected chi connectivity index (χ0v) is 43.0. The molecule has 0 heterocycles. The first-order chi connectivity index (χ1) is 21.4. The minimum absolute atomic E-state index is 0. The maximum atomic E-state index is 8.67. The van der Waals surface area contributed by atoms with Crippen LogP contribution < -0.4 is 0 Å². The van der Waals surface area contributed by atoms with E-state index in [1.54, 1.807) is 0 Å². The Bertz CT molecular complexity index is 676. The van der Waals surface area contributed by atoms with Crippen molar-refractivity contribution in [3.05, 3.63) is 74.7 Å². The van der Waals surface area contributed by atoms with Gasteiger partial charge in [-0.15, -0.1) is 19.6 Å². The normalized spacial score (nSPS) is 24.0. The van der Waals surface area contributed by atoms with Gasteiger partial charge in [0.15, 0.2) is 0 Å². The second kappa shape index (κ2) is 47.2. The Hall–Kier alpha value is 1.08. The molecule has 302 valence electrons. The summed E-state index contributed by atoms with van der Waals surface area (Å²) in [6.07, 6.45) is 35.2. The molecule has 3 aliphatic rings. The molecule has 0 radical (unpaired) electrons. The zero-order valence-electron chi connectivity index (χ0n) is 34.2. The van der Waals surface area contributed by atoms with Gasteiger partial charge >= 0.3 is 63.2 Å². The molecule has 0 bridgehead atoms. The van der Waals surface area contributed by atoms with E-state index in [0.29, 0.717) is 0 Å². The number of hydrogen-bond donors (Lipinski definition) is 1. The summed E-state index contributed by atoms with van der Waals surface area (Å²) in [7, 11) is 9.99. The van der Waals surface area contributed by atoms with Crippen molar-refractivity contribution in [1.29, 1.82) is 0 Å². The molecule has 0 aromatic rings. The second-order valence-corrected chi connectivity index (χ2v) is 14.0. The molecule has 0 aromatic carbocycles. The van der Waals surface area contributed by atoms with Crippen LogP contribution in [-0.2, 0) is 63.2 Å². The van der Waals surface area contributed by atoms with Gasteiger partial charge in [0.05, 0.1) is 6.61 Å². The van der Waals surface area contributed by atoms with Crippen LogP contribution in [-0.4, -0.2) is 78.0 Å². The minimum Gasteiger partial charge on any atom is -0.665 e. The molecular weight excluding hydrogens is 1140 g/mol. The van der Waals surface area contributed by atoms with Crippen LogP contribution in [0.15, 0.2) is 36.5 Å². The van der Waals surface area contributed by atoms with Crippen molar-refractivity contribution >= 4 is 0 Å². The predicted octanol–water partition coefficient (Wildman–Crippen LogP) is 12.2. The summed E-state index contributed by atoms with van der Waals surface area (Å²) in [5, 5.41) is 21.2. The van der Waals surface area contributed by atoms with E-state index in [0.717, 1.165) is 61.7 Å². The van der Waals surface area contributed by atoms with Crippen molar-refractivity contribution in [1.82, 2.24) is 4.90 Å². The Morgan fingerprint density at radius 1 is 0.529 bits per heavy atom. The summed E-state index contributed by atoms with van der Waals surface area (Å²) < 4.78 is 0. The third kappa shape index (κ3) is 37.8. The Balaban J connectivity index is -0.000000107. The largest absolute Gasteiger partial charge is 2.00 e. The van der Waals surface area contributed by atoms with Gasteiger partial charge in [-0.1, -0.05) is 70.1 Å². The topological polar surface area (TPSA) is 65.8 Å². The molecule has 0 aromatic heterocycles. The van der Waals surface area contributed by atoms with Crippen molar-refractivity contribution in [2.45, 2.75) is 117 Å². The monoisotopic (exact) mass is 1230 g/mol. The average Bonchev–Trinajstić information content (AvgIpc) is 3.05. The van der Waals surface area contributed by atoms with Gasteiger partial charge in [-0.3, -0.25) is 0 Å². The molecule has 0 unspecified atom stereocenters. The van der Waals surface area contributed by atoms with Crippen LogP contribution in [0.3, 0.4) is 0 Å². The van der Waals surface area contributed by atoms with Gasteiger partial charge < -0.3 is 48.2 Å². The van der Waals surface area contributed by atoms with E-state index in [2.05, 4.69) is 72.2 Å². The maximum Gasteiger partial charge on any atom is 2.00 e. The predicted molar refractivity (Wildman–Crippen MR) is 222 cm³/mol. The second-order valence-electron chi connectivity index (χ2n) is 14.0. The molecule has 0 amide bonds. The number of aliphatic hydroxyl groups is 1. The van der Waals surface area contributed by atoms with E-state index in [-0.39, 0.29) is 99.5 Å². The van der Waals surface area contributed by atoms with Crippen molar-refractivity contribution in [3.8, 4) is 0 Å². The first-order valence-corrected chi connectivity index (χ1v) is 18.4. The molecule has 5 nitrogen and oxygen atoms in total. The average molecular weight is 1230 g/mol. The van der Waals surface area contributed by atoms with E-state index in [9.17, 15) is 0 Å². The van der Waals surface area contributed by atoms with Crippen LogP contribution in [0, 0.1) is 57.8 Å². The Morgan fingerprint density at radius 3 is 1.08 bits per heavy atom. The fourth-order valence-corrected chi connectivity index (χ4v) is 6.99. The summed E-state index contributed by atoms with van der Waals surface area (Å²) >= 11 is 0. The van der Waals surface area contributed by atoms with Crippen molar-refractivity contribution in [2.75, 3.05) is 68.0 Å². The van der Waals surface area contributed by atoms with Gasteiger partial charge in [-0.2, -0.15) is 21.1 Å². The molecule has 3 rings (SSSR count). The Morgan fingerprint density at radius 2 is 0.824 bits per heavy atom. The van der Waals surface area contributed by atoms with E-state index in [1.807, 2.05) is 27.2 Å². The SMILES string of the molecule is C.CCC=CC1CCC(CC[N-]C)CC1.C[N-]CCC1CCC(C=CCN(C)C)CC1.C[N-]CCC1CCC(C=CCO)CC1.[CH3-].[CH3-].[CH3-].[W+2].[W+2].[W+2]. The molecule has 3 aliphatic carbocycles. The third-order valence-electron chi connectivity index (χ3n) is 9.99. The number of aliphatic hydroxyl groups excluding tert-OH is 1. The van der Waals surface area contributed by atoms with Gasteiger partial charge in [0, 0.05) is 6.54 Å². The number of allylic oxidation sites excluding steroid dienone is 4. The van der Waals surface area contributed by atoms with E-state index in [4.69, 9.17) is 5.11 Å². The van der Waals surface area contributed by atoms with Crippen LogP contribution in [0.2, 0.25) is 0 Å². The van der Waals surface area contributed by atoms with Crippen LogP contribution in [0.1, 0.15) is 117 Å². The van der Waals surface area contributed by atoms with Crippen LogP contribution in [0.5, 0.6) is 0 Å². The first kappa shape index (κ1) is 66.9. The number of rotatable bonds is 16. The fraction of sp³-hybridized carbons (Fsp3) is 0.791. The van der Waals surface area contributed by atoms with Gasteiger partial charge in [0.2, 0.25) is 0 Å². The smallest absolute Gasteiger partial charge is 0.665 e. The first-order valence-electron chi connectivity index (χ1n) is 18.4. The molecule has 0 aliphatic heterocycles. The summed E-state index contributed by atoms with van der Waals surface area (Å²) in [5.41, 5.74) is 0.